The van der Waals surface area contributed by atoms with E-state index in [0.717, 1.165) is 11.3 Å². The third-order valence-corrected chi connectivity index (χ3v) is 3.32. The van der Waals surface area contributed by atoms with Crippen LogP contribution in [0.5, 0.6) is 11.5 Å². The molecule has 1 aromatic heterocycles. The number of hydrazone groups is 1. The smallest absolute Gasteiger partial charge is 0.274 e. The SMILES string of the molecule is Cc1occc1C(=O)NN=Cc1cccc(Oc2ccccc2)c1. The molecule has 5 nitrogen and oxygen atoms in total. The molecule has 3 aromatic rings. The number of hydrogen-bond donors (Lipinski definition) is 1. The van der Waals surface area contributed by atoms with E-state index >= 15 is 0 Å². The number of benzene rings is 2. The summed E-state index contributed by atoms with van der Waals surface area (Å²) in [6.45, 7) is 1.73. The van der Waals surface area contributed by atoms with E-state index in [2.05, 4.69) is 10.5 Å². The topological polar surface area (TPSA) is 63.8 Å². The number of rotatable bonds is 5. The van der Waals surface area contributed by atoms with Gasteiger partial charge in [0.1, 0.15) is 17.3 Å². The largest absolute Gasteiger partial charge is 0.469 e. The lowest BCUT2D eigenvalue weighted by Crippen LogP contribution is -2.17. The summed E-state index contributed by atoms with van der Waals surface area (Å²) in [6.07, 6.45) is 3.03. The fourth-order valence-electron chi connectivity index (χ4n) is 2.13. The van der Waals surface area contributed by atoms with Gasteiger partial charge in [0.2, 0.25) is 0 Å². The highest BCUT2D eigenvalue weighted by atomic mass is 16.5. The van der Waals surface area contributed by atoms with Crippen molar-refractivity contribution in [2.24, 2.45) is 5.10 Å². The van der Waals surface area contributed by atoms with Crippen LogP contribution < -0.4 is 10.2 Å². The van der Waals surface area contributed by atoms with E-state index in [1.54, 1.807) is 19.2 Å². The van der Waals surface area contributed by atoms with Gasteiger partial charge in [0.05, 0.1) is 18.0 Å². The molecular formula is C19H16N2O3. The Kier molecular flexibility index (Phi) is 4.72. The Hall–Kier alpha value is -3.34. The minimum absolute atomic E-state index is 0.311. The number of nitrogens with one attached hydrogen (secondary N) is 1. The number of furan rings is 1. The maximum atomic E-state index is 11.9. The highest BCUT2D eigenvalue weighted by Gasteiger charge is 2.09. The van der Waals surface area contributed by atoms with Gasteiger partial charge in [0.25, 0.3) is 5.91 Å². The van der Waals surface area contributed by atoms with E-state index < -0.39 is 0 Å². The second-order valence-electron chi connectivity index (χ2n) is 5.08. The van der Waals surface area contributed by atoms with Gasteiger partial charge in [-0.15, -0.1) is 0 Å². The van der Waals surface area contributed by atoms with Gasteiger partial charge in [-0.2, -0.15) is 5.10 Å². The quantitative estimate of drug-likeness (QED) is 0.567. The first-order valence-electron chi connectivity index (χ1n) is 7.43. The van der Waals surface area contributed by atoms with Crippen LogP contribution in [0, 0.1) is 6.92 Å². The first-order chi connectivity index (χ1) is 11.7. The molecule has 2 aromatic carbocycles. The summed E-state index contributed by atoms with van der Waals surface area (Å²) in [5, 5.41) is 3.97. The summed E-state index contributed by atoms with van der Waals surface area (Å²) in [5.41, 5.74) is 3.75. The van der Waals surface area contributed by atoms with E-state index in [9.17, 15) is 4.79 Å². The fourth-order valence-corrected chi connectivity index (χ4v) is 2.13. The molecule has 1 N–H and O–H groups in total. The normalized spacial score (nSPS) is 10.7. The fraction of sp³-hybridized carbons (Fsp3) is 0.0526. The zero-order valence-electron chi connectivity index (χ0n) is 13.1. The van der Waals surface area contributed by atoms with Crippen molar-refractivity contribution in [1.29, 1.82) is 0 Å². The van der Waals surface area contributed by atoms with Crippen molar-refractivity contribution in [3.8, 4) is 11.5 Å². The molecule has 3 rings (SSSR count). The van der Waals surface area contributed by atoms with Crippen LogP contribution in [-0.4, -0.2) is 12.1 Å². The number of para-hydroxylation sites is 1. The Morgan fingerprint density at radius 3 is 2.62 bits per heavy atom. The zero-order valence-corrected chi connectivity index (χ0v) is 13.1. The van der Waals surface area contributed by atoms with E-state index in [1.807, 2.05) is 54.6 Å². The summed E-state index contributed by atoms with van der Waals surface area (Å²) in [7, 11) is 0. The molecule has 24 heavy (non-hydrogen) atoms. The van der Waals surface area contributed by atoms with Crippen LogP contribution in [0.2, 0.25) is 0 Å². The van der Waals surface area contributed by atoms with Gasteiger partial charge < -0.3 is 9.15 Å². The van der Waals surface area contributed by atoms with Gasteiger partial charge >= 0.3 is 0 Å². The minimum Gasteiger partial charge on any atom is -0.469 e. The minimum atomic E-state index is -0.311. The standard InChI is InChI=1S/C19H16N2O3/c1-14-18(10-11-23-14)19(22)21-20-13-15-6-5-9-17(12-15)24-16-7-3-2-4-8-16/h2-13H,1H3,(H,21,22). The molecule has 0 aliphatic rings. The van der Waals surface area contributed by atoms with E-state index in [1.165, 1.54) is 6.26 Å². The molecule has 0 aliphatic carbocycles. The molecule has 0 atom stereocenters. The van der Waals surface area contributed by atoms with Crippen LogP contribution in [0.15, 0.2) is 76.4 Å². The third kappa shape index (κ3) is 3.89. The van der Waals surface area contributed by atoms with Crippen LogP contribution in [-0.2, 0) is 0 Å². The van der Waals surface area contributed by atoms with Gasteiger partial charge in [-0.05, 0) is 42.8 Å². The molecule has 0 saturated heterocycles. The maximum absolute atomic E-state index is 11.9. The van der Waals surface area contributed by atoms with Gasteiger partial charge in [-0.25, -0.2) is 5.43 Å². The predicted octanol–water partition coefficient (Wildman–Crippen LogP) is 4.14. The third-order valence-electron chi connectivity index (χ3n) is 3.32. The molecule has 5 heteroatoms. The Bertz CT molecular complexity index is 854. The van der Waals surface area contributed by atoms with Gasteiger partial charge in [-0.1, -0.05) is 30.3 Å². The molecule has 0 saturated carbocycles. The average molecular weight is 320 g/mol. The van der Waals surface area contributed by atoms with Crippen molar-refractivity contribution in [2.45, 2.75) is 6.92 Å². The predicted molar refractivity (Wildman–Crippen MR) is 91.5 cm³/mol. The molecule has 1 amide bonds. The van der Waals surface area contributed by atoms with E-state index in [4.69, 9.17) is 9.15 Å². The average Bonchev–Trinajstić information content (AvgIpc) is 3.02. The van der Waals surface area contributed by atoms with Crippen LogP contribution in [0.25, 0.3) is 0 Å². The lowest BCUT2D eigenvalue weighted by molar-refractivity contribution is 0.0953. The summed E-state index contributed by atoms with van der Waals surface area (Å²) in [6, 6.07) is 18.6. The molecule has 0 unspecified atom stereocenters. The van der Waals surface area contributed by atoms with Crippen LogP contribution in [0.3, 0.4) is 0 Å². The van der Waals surface area contributed by atoms with Crippen LogP contribution in [0.1, 0.15) is 21.7 Å². The van der Waals surface area contributed by atoms with Gasteiger partial charge in [-0.3, -0.25) is 4.79 Å². The molecule has 0 aliphatic heterocycles. The first kappa shape index (κ1) is 15.6. The van der Waals surface area contributed by atoms with Crippen molar-refractivity contribution in [1.82, 2.24) is 5.43 Å². The van der Waals surface area contributed by atoms with Gasteiger partial charge in [0, 0.05) is 0 Å². The molecule has 0 radical (unpaired) electrons. The molecule has 0 spiro atoms. The molecule has 0 bridgehead atoms. The number of carbonyl (C=O) groups excluding carboxylic acids is 1. The van der Waals surface area contributed by atoms with Crippen molar-refractivity contribution in [3.05, 3.63) is 83.8 Å². The Morgan fingerprint density at radius 1 is 1.08 bits per heavy atom. The number of hydrogen-bond acceptors (Lipinski definition) is 4. The summed E-state index contributed by atoms with van der Waals surface area (Å²) in [5.74, 6) is 1.70. The van der Waals surface area contributed by atoms with Crippen molar-refractivity contribution >= 4 is 12.1 Å². The summed E-state index contributed by atoms with van der Waals surface area (Å²) >= 11 is 0. The van der Waals surface area contributed by atoms with Crippen molar-refractivity contribution in [2.75, 3.05) is 0 Å². The van der Waals surface area contributed by atoms with Crippen molar-refractivity contribution in [3.63, 3.8) is 0 Å². The molecule has 0 fully saturated rings. The number of aryl methyl sites for hydroxylation is 1. The number of carbonyl (C=O) groups is 1. The second kappa shape index (κ2) is 7.28. The maximum Gasteiger partial charge on any atom is 0.274 e. The summed E-state index contributed by atoms with van der Waals surface area (Å²) in [4.78, 5) is 11.9. The molecule has 1 heterocycles. The van der Waals surface area contributed by atoms with E-state index in [-0.39, 0.29) is 5.91 Å². The van der Waals surface area contributed by atoms with Crippen LogP contribution >= 0.6 is 0 Å². The molecular weight excluding hydrogens is 304 g/mol. The Balaban J connectivity index is 1.64. The lowest BCUT2D eigenvalue weighted by Gasteiger charge is -2.05. The summed E-state index contributed by atoms with van der Waals surface area (Å²) < 4.78 is 10.9. The van der Waals surface area contributed by atoms with E-state index in [0.29, 0.717) is 17.1 Å². The second-order valence-corrected chi connectivity index (χ2v) is 5.08. The molecule has 120 valence electrons. The van der Waals surface area contributed by atoms with Crippen LogP contribution in [0.4, 0.5) is 0 Å². The first-order valence-corrected chi connectivity index (χ1v) is 7.43. The number of ether oxygens (including phenoxy) is 1. The highest BCUT2D eigenvalue weighted by molar-refractivity contribution is 5.95. The van der Waals surface area contributed by atoms with Crippen molar-refractivity contribution < 1.29 is 13.9 Å². The monoisotopic (exact) mass is 320 g/mol. The zero-order chi connectivity index (χ0) is 16.8. The number of amides is 1. The Morgan fingerprint density at radius 2 is 1.88 bits per heavy atom. The van der Waals surface area contributed by atoms with Gasteiger partial charge in [0.15, 0.2) is 0 Å². The Labute approximate surface area is 139 Å². The highest BCUT2D eigenvalue weighted by Crippen LogP contribution is 2.21. The number of nitrogens with zero attached hydrogens (tertiary/aromatic N) is 1. The lowest BCUT2D eigenvalue weighted by atomic mass is 10.2.